The molecule has 2 aliphatic heterocycles. The lowest BCUT2D eigenvalue weighted by molar-refractivity contribution is -0.147. The summed E-state index contributed by atoms with van der Waals surface area (Å²) in [5.74, 6) is 1.20. The lowest BCUT2D eigenvalue weighted by atomic mass is 9.78. The van der Waals surface area contributed by atoms with Crippen LogP contribution in [0.5, 0.6) is 5.75 Å². The fraction of sp³-hybridized carbons (Fsp3) is 0.636. The molecule has 1 aromatic rings. The second-order valence-electron chi connectivity index (χ2n) is 9.26. The van der Waals surface area contributed by atoms with Gasteiger partial charge in [-0.2, -0.15) is 0 Å². The van der Waals surface area contributed by atoms with Crippen molar-refractivity contribution in [3.05, 3.63) is 29.8 Å². The number of carbonyl (C=O) groups excluding carboxylic acids is 2. The van der Waals surface area contributed by atoms with Gasteiger partial charge in [-0.1, -0.05) is 32.9 Å². The number of amides is 2. The maximum absolute atomic E-state index is 13.3. The van der Waals surface area contributed by atoms with Crippen molar-refractivity contribution in [3.8, 4) is 5.75 Å². The van der Waals surface area contributed by atoms with Gasteiger partial charge in [-0.3, -0.25) is 9.59 Å². The Morgan fingerprint density at radius 3 is 2.70 bits per heavy atom. The fourth-order valence-corrected chi connectivity index (χ4v) is 4.32. The van der Waals surface area contributed by atoms with Gasteiger partial charge in [0, 0.05) is 32.6 Å². The molecule has 2 amide bonds. The molecular formula is C22H32N2O3. The second kappa shape index (κ2) is 7.53. The number of piperidine rings is 1. The first-order chi connectivity index (χ1) is 12.7. The number of benzene rings is 1. The van der Waals surface area contributed by atoms with E-state index in [9.17, 15) is 9.59 Å². The lowest BCUT2D eigenvalue weighted by Crippen LogP contribution is -2.50. The first kappa shape index (κ1) is 19.7. The summed E-state index contributed by atoms with van der Waals surface area (Å²) in [6.07, 6.45) is 3.21. The molecular weight excluding hydrogens is 340 g/mol. The van der Waals surface area contributed by atoms with Crippen LogP contribution >= 0.6 is 0 Å². The van der Waals surface area contributed by atoms with E-state index in [0.717, 1.165) is 37.1 Å². The molecule has 0 aliphatic carbocycles. The van der Waals surface area contributed by atoms with Crippen molar-refractivity contribution in [2.75, 3.05) is 26.7 Å². The number of nitrogens with zero attached hydrogens (tertiary/aromatic N) is 2. The molecule has 1 atom stereocenters. The van der Waals surface area contributed by atoms with E-state index in [0.29, 0.717) is 26.1 Å². The zero-order chi connectivity index (χ0) is 19.7. The van der Waals surface area contributed by atoms with Gasteiger partial charge in [0.2, 0.25) is 11.8 Å². The van der Waals surface area contributed by atoms with Crippen molar-refractivity contribution in [1.29, 1.82) is 0 Å². The third-order valence-electron chi connectivity index (χ3n) is 5.72. The Morgan fingerprint density at radius 2 is 2.00 bits per heavy atom. The summed E-state index contributed by atoms with van der Waals surface area (Å²) >= 11 is 0. The third kappa shape index (κ3) is 4.45. The molecule has 1 aromatic carbocycles. The van der Waals surface area contributed by atoms with Crippen molar-refractivity contribution >= 4 is 11.8 Å². The Morgan fingerprint density at radius 1 is 1.22 bits per heavy atom. The van der Waals surface area contributed by atoms with Crippen LogP contribution in [0.15, 0.2) is 24.3 Å². The molecule has 2 heterocycles. The van der Waals surface area contributed by atoms with E-state index in [-0.39, 0.29) is 22.6 Å². The lowest BCUT2D eigenvalue weighted by Gasteiger charge is -2.39. The zero-order valence-electron chi connectivity index (χ0n) is 17.1. The van der Waals surface area contributed by atoms with Gasteiger partial charge >= 0.3 is 0 Å². The third-order valence-corrected chi connectivity index (χ3v) is 5.72. The highest BCUT2D eigenvalue weighted by atomic mass is 16.5. The average Bonchev–Trinajstić information content (AvgIpc) is 3.03. The van der Waals surface area contributed by atoms with Crippen molar-refractivity contribution in [1.82, 2.24) is 9.80 Å². The average molecular weight is 373 g/mol. The quantitative estimate of drug-likeness (QED) is 0.813. The first-order valence-electron chi connectivity index (χ1n) is 9.93. The molecule has 27 heavy (non-hydrogen) atoms. The minimum atomic E-state index is -0.384. The van der Waals surface area contributed by atoms with Gasteiger partial charge in [-0.15, -0.1) is 0 Å². The second-order valence-corrected chi connectivity index (χ2v) is 9.26. The molecule has 2 fully saturated rings. The van der Waals surface area contributed by atoms with Crippen molar-refractivity contribution in [2.45, 2.75) is 53.0 Å². The van der Waals surface area contributed by atoms with Crippen LogP contribution in [0.25, 0.3) is 0 Å². The molecule has 3 rings (SSSR count). The number of ether oxygens (including phenoxy) is 1. The predicted octanol–water partition coefficient (Wildman–Crippen LogP) is 3.47. The normalized spacial score (nSPS) is 23.2. The SMILES string of the molecule is COc1cccc(CN2CCC[C@]3(CCN(C(=O)CC(C)(C)C)C3)C2=O)c1. The van der Waals surface area contributed by atoms with E-state index in [2.05, 4.69) is 20.8 Å². The number of hydrogen-bond donors (Lipinski definition) is 0. The molecule has 5 heteroatoms. The van der Waals surface area contributed by atoms with Crippen molar-refractivity contribution in [2.24, 2.45) is 10.8 Å². The molecule has 0 unspecified atom stereocenters. The summed E-state index contributed by atoms with van der Waals surface area (Å²) in [4.78, 5) is 29.8. The Bertz CT molecular complexity index is 710. The van der Waals surface area contributed by atoms with Gasteiger partial charge in [-0.05, 0) is 42.4 Å². The van der Waals surface area contributed by atoms with E-state index in [1.54, 1.807) is 7.11 Å². The molecule has 0 saturated carbocycles. The monoisotopic (exact) mass is 372 g/mol. The highest BCUT2D eigenvalue weighted by Gasteiger charge is 2.49. The first-order valence-corrected chi connectivity index (χ1v) is 9.93. The molecule has 0 N–H and O–H groups in total. The summed E-state index contributed by atoms with van der Waals surface area (Å²) < 4.78 is 5.30. The summed E-state index contributed by atoms with van der Waals surface area (Å²) in [6.45, 7) is 8.92. The maximum atomic E-state index is 13.3. The number of likely N-dealkylation sites (tertiary alicyclic amines) is 2. The van der Waals surface area contributed by atoms with Gasteiger partial charge in [-0.25, -0.2) is 0 Å². The Kier molecular flexibility index (Phi) is 5.50. The molecule has 2 aliphatic rings. The van der Waals surface area contributed by atoms with E-state index < -0.39 is 0 Å². The number of hydrogen-bond acceptors (Lipinski definition) is 3. The molecule has 0 radical (unpaired) electrons. The standard InChI is InChI=1S/C22H32N2O3/c1-21(2,3)14-19(25)24-12-10-22(16-24)9-6-11-23(20(22)26)15-17-7-5-8-18(13-17)27-4/h5,7-8,13H,6,9-12,14-16H2,1-4H3/t22-/m1/s1. The van der Waals surface area contributed by atoms with Crippen LogP contribution in [0.3, 0.4) is 0 Å². The van der Waals surface area contributed by atoms with Crippen LogP contribution in [-0.2, 0) is 16.1 Å². The molecule has 0 bridgehead atoms. The highest BCUT2D eigenvalue weighted by molar-refractivity contribution is 5.86. The topological polar surface area (TPSA) is 49.9 Å². The number of carbonyl (C=O) groups is 2. The largest absolute Gasteiger partial charge is 0.497 e. The Labute approximate surface area is 162 Å². The van der Waals surface area contributed by atoms with Crippen LogP contribution in [0.1, 0.15) is 52.0 Å². The minimum absolute atomic E-state index is 0.0260. The van der Waals surface area contributed by atoms with Gasteiger partial charge in [0.05, 0.1) is 12.5 Å². The van der Waals surface area contributed by atoms with Crippen LogP contribution in [0, 0.1) is 10.8 Å². The van der Waals surface area contributed by atoms with E-state index in [1.165, 1.54) is 0 Å². The van der Waals surface area contributed by atoms with Gasteiger partial charge in [0.1, 0.15) is 5.75 Å². The Hall–Kier alpha value is -2.04. The molecule has 5 nitrogen and oxygen atoms in total. The molecule has 148 valence electrons. The van der Waals surface area contributed by atoms with E-state index in [4.69, 9.17) is 4.74 Å². The maximum Gasteiger partial charge on any atom is 0.230 e. The summed E-state index contributed by atoms with van der Waals surface area (Å²) in [7, 11) is 1.65. The van der Waals surface area contributed by atoms with Crippen LogP contribution in [0.2, 0.25) is 0 Å². The summed E-state index contributed by atoms with van der Waals surface area (Å²) in [5.41, 5.74) is 0.672. The van der Waals surface area contributed by atoms with Crippen molar-refractivity contribution in [3.63, 3.8) is 0 Å². The zero-order valence-corrected chi connectivity index (χ0v) is 17.1. The van der Waals surface area contributed by atoms with Crippen LogP contribution in [-0.4, -0.2) is 48.4 Å². The van der Waals surface area contributed by atoms with Crippen molar-refractivity contribution < 1.29 is 14.3 Å². The van der Waals surface area contributed by atoms with Crippen LogP contribution in [0.4, 0.5) is 0 Å². The summed E-state index contributed by atoms with van der Waals surface area (Å²) in [5, 5.41) is 0. The van der Waals surface area contributed by atoms with Gasteiger partial charge < -0.3 is 14.5 Å². The number of rotatable bonds is 4. The van der Waals surface area contributed by atoms with Crippen LogP contribution < -0.4 is 4.74 Å². The van der Waals surface area contributed by atoms with Gasteiger partial charge in [0.25, 0.3) is 0 Å². The fourth-order valence-electron chi connectivity index (χ4n) is 4.32. The number of methoxy groups -OCH3 is 1. The van der Waals surface area contributed by atoms with E-state index >= 15 is 0 Å². The van der Waals surface area contributed by atoms with Gasteiger partial charge in [0.15, 0.2) is 0 Å². The minimum Gasteiger partial charge on any atom is -0.497 e. The Balaban J connectivity index is 1.68. The predicted molar refractivity (Wildman–Crippen MR) is 105 cm³/mol. The molecule has 1 spiro atoms. The molecule has 0 aromatic heterocycles. The molecule has 2 saturated heterocycles. The highest BCUT2D eigenvalue weighted by Crippen LogP contribution is 2.41. The summed E-state index contributed by atoms with van der Waals surface area (Å²) in [6, 6.07) is 7.90. The smallest absolute Gasteiger partial charge is 0.230 e. The van der Waals surface area contributed by atoms with E-state index in [1.807, 2.05) is 34.1 Å².